The maximum absolute atomic E-state index is 2.47. The van der Waals surface area contributed by atoms with Gasteiger partial charge in [-0.15, -0.1) is 0 Å². The smallest absolute Gasteiger partial charge is 0.0505 e. The van der Waals surface area contributed by atoms with E-state index in [9.17, 15) is 0 Å². The Bertz CT molecular complexity index is 2890. The first-order valence-electron chi connectivity index (χ1n) is 21.8. The maximum Gasteiger partial charge on any atom is 0.0505 e. The van der Waals surface area contributed by atoms with Gasteiger partial charge in [-0.25, -0.2) is 0 Å². The molecule has 10 rings (SSSR count). The Labute approximate surface area is 366 Å². The molecule has 0 bridgehead atoms. The fourth-order valence-electron chi connectivity index (χ4n) is 9.39. The highest BCUT2D eigenvalue weighted by molar-refractivity contribution is 6.24. The molecular formula is C60H52N2. The number of hydrogen-bond acceptors (Lipinski definition) is 2. The van der Waals surface area contributed by atoms with Gasteiger partial charge in [0.15, 0.2) is 0 Å². The minimum atomic E-state index is -0.0877. The van der Waals surface area contributed by atoms with Gasteiger partial charge >= 0.3 is 0 Å². The molecule has 10 aromatic rings. The summed E-state index contributed by atoms with van der Waals surface area (Å²) in [5.41, 5.74) is 14.2. The quantitative estimate of drug-likeness (QED) is 0.141. The van der Waals surface area contributed by atoms with Crippen LogP contribution in [0.5, 0.6) is 0 Å². The molecule has 302 valence electrons. The number of benzene rings is 10. The van der Waals surface area contributed by atoms with E-state index in [-0.39, 0.29) is 10.8 Å². The molecule has 0 radical (unpaired) electrons. The fraction of sp³-hybridized carbons (Fsp3) is 0.133. The van der Waals surface area contributed by atoms with Crippen molar-refractivity contribution in [2.24, 2.45) is 0 Å². The summed E-state index contributed by atoms with van der Waals surface area (Å²) >= 11 is 0. The molecule has 0 N–H and O–H groups in total. The lowest BCUT2D eigenvalue weighted by molar-refractivity contribution is 0.591. The molecule has 2 nitrogen and oxygen atoms in total. The van der Waals surface area contributed by atoms with Crippen LogP contribution in [0.25, 0.3) is 54.6 Å². The first-order chi connectivity index (χ1) is 30.0. The Morgan fingerprint density at radius 3 is 0.887 bits per heavy atom. The summed E-state index contributed by atoms with van der Waals surface area (Å²) in [4.78, 5) is 4.93. The van der Waals surface area contributed by atoms with Crippen LogP contribution in [0, 0.1) is 0 Å². The van der Waals surface area contributed by atoms with Crippen molar-refractivity contribution in [2.75, 3.05) is 9.80 Å². The van der Waals surface area contributed by atoms with Crippen molar-refractivity contribution in [2.45, 2.75) is 52.4 Å². The van der Waals surface area contributed by atoms with Gasteiger partial charge in [0.1, 0.15) is 0 Å². The van der Waals surface area contributed by atoms with Crippen LogP contribution in [0.15, 0.2) is 206 Å². The highest BCUT2D eigenvalue weighted by atomic mass is 15.2. The van der Waals surface area contributed by atoms with Crippen molar-refractivity contribution in [3.8, 4) is 22.3 Å². The van der Waals surface area contributed by atoms with Crippen molar-refractivity contribution in [3.63, 3.8) is 0 Å². The van der Waals surface area contributed by atoms with Gasteiger partial charge in [-0.05, 0) is 137 Å². The van der Waals surface area contributed by atoms with Gasteiger partial charge in [-0.1, -0.05) is 187 Å². The molecule has 0 fully saturated rings. The zero-order valence-electron chi connectivity index (χ0n) is 36.5. The molecule has 0 aliphatic heterocycles. The average Bonchev–Trinajstić information content (AvgIpc) is 3.29. The normalized spacial score (nSPS) is 12.0. The van der Waals surface area contributed by atoms with E-state index in [1.54, 1.807) is 0 Å². The van der Waals surface area contributed by atoms with Crippen LogP contribution in [-0.2, 0) is 10.8 Å². The lowest BCUT2D eigenvalue weighted by Crippen LogP contribution is -2.19. The van der Waals surface area contributed by atoms with Gasteiger partial charge in [-0.2, -0.15) is 0 Å². The summed E-state index contributed by atoms with van der Waals surface area (Å²) in [6.07, 6.45) is 0. The summed E-state index contributed by atoms with van der Waals surface area (Å²) in [5, 5.41) is 7.51. The van der Waals surface area contributed by atoms with Crippen molar-refractivity contribution in [1.82, 2.24) is 0 Å². The van der Waals surface area contributed by atoms with Crippen LogP contribution in [-0.4, -0.2) is 0 Å². The van der Waals surface area contributed by atoms with Crippen molar-refractivity contribution >= 4 is 66.4 Å². The third kappa shape index (κ3) is 7.16. The minimum absolute atomic E-state index is 0.0877. The van der Waals surface area contributed by atoms with Crippen LogP contribution in [0.2, 0.25) is 0 Å². The predicted octanol–water partition coefficient (Wildman–Crippen LogP) is 17.5. The highest BCUT2D eigenvalue weighted by Crippen LogP contribution is 2.48. The van der Waals surface area contributed by atoms with Crippen molar-refractivity contribution < 1.29 is 0 Å². The topological polar surface area (TPSA) is 6.48 Å². The summed E-state index contributed by atoms with van der Waals surface area (Å²) in [7, 11) is 0. The zero-order chi connectivity index (χ0) is 42.6. The number of rotatable bonds is 8. The first-order valence-corrected chi connectivity index (χ1v) is 21.8. The first kappa shape index (κ1) is 39.0. The molecule has 0 aliphatic carbocycles. The van der Waals surface area contributed by atoms with E-state index in [1.807, 2.05) is 0 Å². The van der Waals surface area contributed by atoms with Crippen LogP contribution in [0.1, 0.15) is 52.7 Å². The summed E-state index contributed by atoms with van der Waals surface area (Å²) in [6, 6.07) is 76.0. The van der Waals surface area contributed by atoms with Crippen LogP contribution in [0.3, 0.4) is 0 Å². The molecule has 2 heteroatoms. The second-order valence-electron chi connectivity index (χ2n) is 18.7. The van der Waals surface area contributed by atoms with E-state index in [1.165, 1.54) is 77.1 Å². The second kappa shape index (κ2) is 15.4. The molecule has 0 heterocycles. The van der Waals surface area contributed by atoms with Gasteiger partial charge in [0.2, 0.25) is 0 Å². The monoisotopic (exact) mass is 800 g/mol. The Morgan fingerprint density at radius 2 is 0.581 bits per heavy atom. The molecular weight excluding hydrogens is 749 g/mol. The lowest BCUT2D eigenvalue weighted by atomic mass is 9.83. The summed E-state index contributed by atoms with van der Waals surface area (Å²) in [5.74, 6) is 0. The zero-order valence-corrected chi connectivity index (χ0v) is 36.5. The molecule has 0 atom stereocenters. The Morgan fingerprint density at radius 1 is 0.274 bits per heavy atom. The van der Waals surface area contributed by atoms with Crippen LogP contribution in [0.4, 0.5) is 34.1 Å². The van der Waals surface area contributed by atoms with Crippen molar-refractivity contribution in [3.05, 3.63) is 217 Å². The largest absolute Gasteiger partial charge is 0.310 e. The SMILES string of the molecule is CC(C)(C)c1ccc(-c2ccccc2)cc1N(c1ccccc1)c1cc2ccc3cc(N(c4ccccc4)c4cc(-c5ccccc5)ccc4C(C)(C)C)cc4ccc(c1)c2c34. The van der Waals surface area contributed by atoms with Gasteiger partial charge in [0.25, 0.3) is 0 Å². The van der Waals surface area contributed by atoms with E-state index >= 15 is 0 Å². The molecule has 0 unspecified atom stereocenters. The highest BCUT2D eigenvalue weighted by Gasteiger charge is 2.27. The standard InChI is InChI=1S/C60H52N2/c1-59(2,3)53-33-31-43(41-19-11-7-12-20-41)39-55(53)61(49-23-15-9-16-24-49)51-35-45-27-29-47-37-52(38-48-30-28-46(36-51)57(45)58(47)48)62(50-25-17-10-18-26-50)56-40-44(42-21-13-8-14-22-42)32-34-54(56)60(4,5)6/h7-40H,1-6H3. The molecule has 62 heavy (non-hydrogen) atoms. The Hall–Kier alpha value is -7.16. The molecule has 0 saturated heterocycles. The number of para-hydroxylation sites is 2. The van der Waals surface area contributed by atoms with E-state index < -0.39 is 0 Å². The average molecular weight is 801 g/mol. The van der Waals surface area contributed by atoms with E-state index in [0.29, 0.717) is 0 Å². The number of nitrogens with zero attached hydrogens (tertiary/aromatic N) is 2. The molecule has 0 saturated carbocycles. The lowest BCUT2D eigenvalue weighted by Gasteiger charge is -2.33. The molecule has 10 aromatic carbocycles. The summed E-state index contributed by atoms with van der Waals surface area (Å²) < 4.78 is 0. The summed E-state index contributed by atoms with van der Waals surface area (Å²) in [6.45, 7) is 13.9. The van der Waals surface area contributed by atoms with Gasteiger partial charge in [0.05, 0.1) is 11.4 Å². The van der Waals surface area contributed by atoms with Gasteiger partial charge in [-0.3, -0.25) is 0 Å². The van der Waals surface area contributed by atoms with Gasteiger partial charge in [0, 0.05) is 22.7 Å². The number of hydrogen-bond donors (Lipinski definition) is 0. The third-order valence-electron chi connectivity index (χ3n) is 12.4. The fourth-order valence-corrected chi connectivity index (χ4v) is 9.39. The van der Waals surface area contributed by atoms with E-state index in [4.69, 9.17) is 0 Å². The molecule has 0 aliphatic rings. The molecule has 0 spiro atoms. The maximum atomic E-state index is 2.47. The molecule has 0 amide bonds. The predicted molar refractivity (Wildman–Crippen MR) is 268 cm³/mol. The van der Waals surface area contributed by atoms with E-state index in [2.05, 4.69) is 258 Å². The Balaban J connectivity index is 1.16. The number of anilines is 6. The van der Waals surface area contributed by atoms with Crippen LogP contribution < -0.4 is 9.80 Å². The third-order valence-corrected chi connectivity index (χ3v) is 12.4. The molecule has 0 aromatic heterocycles. The van der Waals surface area contributed by atoms with Crippen LogP contribution >= 0.6 is 0 Å². The van der Waals surface area contributed by atoms with Gasteiger partial charge < -0.3 is 9.80 Å². The van der Waals surface area contributed by atoms with E-state index in [0.717, 1.165) is 22.7 Å². The van der Waals surface area contributed by atoms with Crippen molar-refractivity contribution in [1.29, 1.82) is 0 Å². The second-order valence-corrected chi connectivity index (χ2v) is 18.7. The Kier molecular flexibility index (Phi) is 9.68. The minimum Gasteiger partial charge on any atom is -0.310 e.